The summed E-state index contributed by atoms with van der Waals surface area (Å²) in [5, 5.41) is 14.7. The van der Waals surface area contributed by atoms with Crippen molar-refractivity contribution in [1.82, 2.24) is 5.32 Å². The summed E-state index contributed by atoms with van der Waals surface area (Å²) in [5.74, 6) is -1.62. The van der Waals surface area contributed by atoms with E-state index in [4.69, 9.17) is 4.74 Å². The maximum Gasteiger partial charge on any atom is 0.340 e. The topological polar surface area (TPSA) is 108 Å². The Bertz CT molecular complexity index is 944. The SMILES string of the molecule is N#CC1(NC(=O)COC(=O)c2ccccc2NC(=O)c2ccccc2)CCCC1. The molecule has 2 aromatic rings. The van der Waals surface area contributed by atoms with E-state index < -0.39 is 24.0 Å². The molecule has 0 spiro atoms. The van der Waals surface area contributed by atoms with E-state index in [0.29, 0.717) is 18.4 Å². The fourth-order valence-corrected chi connectivity index (χ4v) is 3.31. The van der Waals surface area contributed by atoms with Crippen LogP contribution in [-0.2, 0) is 9.53 Å². The monoisotopic (exact) mass is 391 g/mol. The van der Waals surface area contributed by atoms with Crippen molar-refractivity contribution in [2.75, 3.05) is 11.9 Å². The molecule has 1 saturated carbocycles. The average Bonchev–Trinajstić information content (AvgIpc) is 3.22. The molecule has 0 aliphatic heterocycles. The lowest BCUT2D eigenvalue weighted by atomic mass is 10.00. The Morgan fingerprint density at radius 3 is 2.34 bits per heavy atom. The molecule has 29 heavy (non-hydrogen) atoms. The maximum absolute atomic E-state index is 12.5. The summed E-state index contributed by atoms with van der Waals surface area (Å²) >= 11 is 0. The second-order valence-electron chi connectivity index (χ2n) is 6.89. The maximum atomic E-state index is 12.5. The number of ether oxygens (including phenoxy) is 1. The second kappa shape index (κ2) is 9.02. The van der Waals surface area contributed by atoms with Crippen molar-refractivity contribution < 1.29 is 19.1 Å². The number of carbonyl (C=O) groups is 3. The average molecular weight is 391 g/mol. The van der Waals surface area contributed by atoms with E-state index >= 15 is 0 Å². The number of hydrogen-bond acceptors (Lipinski definition) is 5. The molecule has 0 saturated heterocycles. The Labute approximate surface area is 168 Å². The molecule has 2 aromatic carbocycles. The Kier molecular flexibility index (Phi) is 6.25. The van der Waals surface area contributed by atoms with E-state index in [9.17, 15) is 19.6 Å². The van der Waals surface area contributed by atoms with Crippen molar-refractivity contribution in [1.29, 1.82) is 5.26 Å². The highest BCUT2D eigenvalue weighted by Crippen LogP contribution is 2.28. The van der Waals surface area contributed by atoms with Crippen molar-refractivity contribution in [3.8, 4) is 6.07 Å². The van der Waals surface area contributed by atoms with Crippen LogP contribution in [0.1, 0.15) is 46.4 Å². The van der Waals surface area contributed by atoms with Gasteiger partial charge in [-0.05, 0) is 49.9 Å². The van der Waals surface area contributed by atoms with Crippen LogP contribution in [0.4, 0.5) is 5.69 Å². The molecule has 7 heteroatoms. The molecule has 0 bridgehead atoms. The lowest BCUT2D eigenvalue weighted by molar-refractivity contribution is -0.125. The summed E-state index contributed by atoms with van der Waals surface area (Å²) in [4.78, 5) is 37.0. The van der Waals surface area contributed by atoms with Gasteiger partial charge in [0.05, 0.1) is 17.3 Å². The number of benzene rings is 2. The third kappa shape index (κ3) is 4.99. The predicted molar refractivity (Wildman–Crippen MR) is 106 cm³/mol. The number of esters is 1. The van der Waals surface area contributed by atoms with E-state index in [1.807, 2.05) is 0 Å². The van der Waals surface area contributed by atoms with Crippen molar-refractivity contribution in [2.45, 2.75) is 31.2 Å². The quantitative estimate of drug-likeness (QED) is 0.736. The molecule has 0 aromatic heterocycles. The number of amides is 2. The lowest BCUT2D eigenvalue weighted by Crippen LogP contribution is -2.46. The molecule has 1 aliphatic rings. The Morgan fingerprint density at radius 2 is 1.66 bits per heavy atom. The Balaban J connectivity index is 1.62. The van der Waals surface area contributed by atoms with Crippen LogP contribution in [0.3, 0.4) is 0 Å². The van der Waals surface area contributed by atoms with Gasteiger partial charge >= 0.3 is 5.97 Å². The van der Waals surface area contributed by atoms with Gasteiger partial charge in [-0.3, -0.25) is 9.59 Å². The summed E-state index contributed by atoms with van der Waals surface area (Å²) in [5.41, 5.74) is 0.00956. The minimum atomic E-state index is -0.870. The van der Waals surface area contributed by atoms with Gasteiger partial charge in [-0.2, -0.15) is 5.26 Å². The number of anilines is 1. The van der Waals surface area contributed by atoms with Crippen LogP contribution in [0.2, 0.25) is 0 Å². The van der Waals surface area contributed by atoms with Crippen LogP contribution in [0.25, 0.3) is 0 Å². The number of para-hydroxylation sites is 1. The lowest BCUT2D eigenvalue weighted by Gasteiger charge is -2.21. The van der Waals surface area contributed by atoms with Gasteiger partial charge in [-0.25, -0.2) is 4.79 Å². The molecule has 1 aliphatic carbocycles. The summed E-state index contributed by atoms with van der Waals surface area (Å²) < 4.78 is 5.11. The molecular weight excluding hydrogens is 370 g/mol. The highest BCUT2D eigenvalue weighted by Gasteiger charge is 2.35. The predicted octanol–water partition coefficient (Wildman–Crippen LogP) is 3.05. The van der Waals surface area contributed by atoms with Crippen LogP contribution < -0.4 is 10.6 Å². The molecule has 148 valence electrons. The number of carbonyl (C=O) groups excluding carboxylic acids is 3. The summed E-state index contributed by atoms with van der Waals surface area (Å²) in [6.45, 7) is -0.497. The van der Waals surface area contributed by atoms with Crippen molar-refractivity contribution in [3.05, 3.63) is 65.7 Å². The zero-order valence-corrected chi connectivity index (χ0v) is 15.8. The van der Waals surface area contributed by atoms with E-state index in [0.717, 1.165) is 12.8 Å². The Morgan fingerprint density at radius 1 is 1.00 bits per heavy atom. The standard InChI is InChI=1S/C22H21N3O4/c23-15-22(12-6-7-13-22)25-19(26)14-29-21(28)17-10-4-5-11-18(17)24-20(27)16-8-2-1-3-9-16/h1-5,8-11H,6-7,12-14H2,(H,24,27)(H,25,26). The van der Waals surface area contributed by atoms with Crippen LogP contribution in [0, 0.1) is 11.3 Å². The van der Waals surface area contributed by atoms with Gasteiger partial charge in [0, 0.05) is 5.56 Å². The van der Waals surface area contributed by atoms with Gasteiger partial charge in [0.1, 0.15) is 5.54 Å². The molecule has 0 unspecified atom stereocenters. The van der Waals surface area contributed by atoms with E-state index in [-0.39, 0.29) is 17.2 Å². The fourth-order valence-electron chi connectivity index (χ4n) is 3.31. The number of nitriles is 1. The zero-order chi connectivity index (χ0) is 20.7. The van der Waals surface area contributed by atoms with Crippen molar-refractivity contribution >= 4 is 23.5 Å². The largest absolute Gasteiger partial charge is 0.452 e. The van der Waals surface area contributed by atoms with Crippen molar-refractivity contribution in [3.63, 3.8) is 0 Å². The molecule has 0 heterocycles. The number of rotatable bonds is 6. The van der Waals surface area contributed by atoms with Gasteiger partial charge in [0.15, 0.2) is 6.61 Å². The molecule has 2 N–H and O–H groups in total. The molecule has 7 nitrogen and oxygen atoms in total. The third-order valence-corrected chi connectivity index (χ3v) is 4.82. The first-order valence-electron chi connectivity index (χ1n) is 9.38. The molecule has 0 radical (unpaired) electrons. The zero-order valence-electron chi connectivity index (χ0n) is 15.8. The minimum Gasteiger partial charge on any atom is -0.452 e. The van der Waals surface area contributed by atoms with E-state index in [1.54, 1.807) is 48.5 Å². The first kappa shape index (κ1) is 20.1. The van der Waals surface area contributed by atoms with E-state index in [2.05, 4.69) is 16.7 Å². The van der Waals surface area contributed by atoms with Gasteiger partial charge in [-0.1, -0.05) is 30.3 Å². The van der Waals surface area contributed by atoms with Gasteiger partial charge in [0.2, 0.25) is 0 Å². The van der Waals surface area contributed by atoms with Gasteiger partial charge in [-0.15, -0.1) is 0 Å². The summed E-state index contributed by atoms with van der Waals surface area (Å²) in [6, 6.07) is 17.2. The highest BCUT2D eigenvalue weighted by molar-refractivity contribution is 6.08. The normalized spacial score (nSPS) is 14.4. The number of nitrogens with one attached hydrogen (secondary N) is 2. The van der Waals surface area contributed by atoms with Gasteiger partial charge < -0.3 is 15.4 Å². The van der Waals surface area contributed by atoms with Crippen LogP contribution >= 0.6 is 0 Å². The molecule has 0 atom stereocenters. The molecule has 3 rings (SSSR count). The highest BCUT2D eigenvalue weighted by atomic mass is 16.5. The fraction of sp³-hybridized carbons (Fsp3) is 0.273. The summed E-state index contributed by atoms with van der Waals surface area (Å²) in [7, 11) is 0. The molecule has 1 fully saturated rings. The van der Waals surface area contributed by atoms with Gasteiger partial charge in [0.25, 0.3) is 11.8 Å². The van der Waals surface area contributed by atoms with Crippen molar-refractivity contribution in [2.24, 2.45) is 0 Å². The van der Waals surface area contributed by atoms with Crippen LogP contribution in [0.5, 0.6) is 0 Å². The third-order valence-electron chi connectivity index (χ3n) is 4.82. The molecular formula is C22H21N3O4. The molecule has 2 amide bonds. The summed E-state index contributed by atoms with van der Waals surface area (Å²) in [6.07, 6.45) is 2.94. The second-order valence-corrected chi connectivity index (χ2v) is 6.89. The Hall–Kier alpha value is -3.66. The number of hydrogen-bond donors (Lipinski definition) is 2. The van der Waals surface area contributed by atoms with Crippen LogP contribution in [0.15, 0.2) is 54.6 Å². The first-order valence-corrected chi connectivity index (χ1v) is 9.38. The minimum absolute atomic E-state index is 0.139. The number of nitrogens with zero attached hydrogens (tertiary/aromatic N) is 1. The first-order chi connectivity index (χ1) is 14.0. The smallest absolute Gasteiger partial charge is 0.340 e. The van der Waals surface area contributed by atoms with E-state index in [1.165, 1.54) is 6.07 Å². The van der Waals surface area contributed by atoms with Crippen LogP contribution in [-0.4, -0.2) is 29.9 Å².